The summed E-state index contributed by atoms with van der Waals surface area (Å²) >= 11 is 0. The van der Waals surface area contributed by atoms with E-state index in [-0.39, 0.29) is 12.4 Å². The Bertz CT molecular complexity index is 624. The van der Waals surface area contributed by atoms with Gasteiger partial charge in [0.2, 0.25) is 0 Å². The van der Waals surface area contributed by atoms with Crippen molar-refractivity contribution < 1.29 is 18.7 Å². The smallest absolute Gasteiger partial charge is 0.309 e. The van der Waals surface area contributed by atoms with Crippen LogP contribution in [0.4, 0.5) is 4.39 Å². The van der Waals surface area contributed by atoms with Gasteiger partial charge in [-0.1, -0.05) is 12.1 Å². The summed E-state index contributed by atoms with van der Waals surface area (Å²) in [6, 6.07) is 6.45. The maximum atomic E-state index is 12.9. The van der Waals surface area contributed by atoms with E-state index in [1.54, 1.807) is 12.1 Å². The van der Waals surface area contributed by atoms with E-state index < -0.39 is 11.8 Å². The first-order valence-corrected chi connectivity index (χ1v) is 9.74. The quantitative estimate of drug-likeness (QED) is 0.762. The molecular weight excluding hydrogens is 349 g/mol. The van der Waals surface area contributed by atoms with E-state index in [4.69, 9.17) is 4.74 Å². The van der Waals surface area contributed by atoms with Crippen LogP contribution in [0.15, 0.2) is 24.3 Å². The van der Waals surface area contributed by atoms with Crippen molar-refractivity contribution in [1.82, 2.24) is 15.5 Å². The van der Waals surface area contributed by atoms with E-state index in [1.807, 2.05) is 0 Å². The van der Waals surface area contributed by atoms with Gasteiger partial charge >= 0.3 is 11.8 Å². The normalized spacial score (nSPS) is 19.6. The predicted octanol–water partition coefficient (Wildman–Crippen LogP) is 1.45. The van der Waals surface area contributed by atoms with Crippen LogP contribution in [0.25, 0.3) is 0 Å². The van der Waals surface area contributed by atoms with Crippen LogP contribution in [0.2, 0.25) is 0 Å². The van der Waals surface area contributed by atoms with Crippen molar-refractivity contribution in [2.75, 3.05) is 32.8 Å². The largest absolute Gasteiger partial charge is 0.381 e. The Balaban J connectivity index is 1.33. The van der Waals surface area contributed by atoms with Gasteiger partial charge in [0.25, 0.3) is 0 Å². The molecule has 2 aliphatic rings. The fourth-order valence-corrected chi connectivity index (χ4v) is 3.75. The molecular formula is C20H28FN3O3. The number of hydrogen-bond acceptors (Lipinski definition) is 4. The molecule has 0 spiro atoms. The van der Waals surface area contributed by atoms with Crippen molar-refractivity contribution in [1.29, 1.82) is 0 Å². The van der Waals surface area contributed by atoms with Crippen molar-refractivity contribution >= 4 is 11.8 Å². The first-order valence-electron chi connectivity index (χ1n) is 9.74. The minimum Gasteiger partial charge on any atom is -0.381 e. The lowest BCUT2D eigenvalue weighted by molar-refractivity contribution is -0.139. The number of likely N-dealkylation sites (tertiary alicyclic amines) is 1. The standard InChI is InChI=1S/C20H28FN3O3/c21-17-3-1-15(2-4-17)13-22-19(25)20(26)23-14-16-5-9-24(10-6-16)18-7-11-27-12-8-18/h1-4,16,18H,5-14H2,(H,22,25)(H,23,26). The van der Waals surface area contributed by atoms with Crippen LogP contribution in [-0.4, -0.2) is 55.6 Å². The van der Waals surface area contributed by atoms with Crippen LogP contribution >= 0.6 is 0 Å². The van der Waals surface area contributed by atoms with E-state index in [0.29, 0.717) is 18.5 Å². The summed E-state index contributed by atoms with van der Waals surface area (Å²) in [5, 5.41) is 5.30. The number of rotatable bonds is 5. The molecule has 1 aromatic carbocycles. The maximum absolute atomic E-state index is 12.9. The van der Waals surface area contributed by atoms with Gasteiger partial charge in [-0.05, 0) is 62.4 Å². The minimum absolute atomic E-state index is 0.204. The van der Waals surface area contributed by atoms with Crippen molar-refractivity contribution in [3.8, 4) is 0 Å². The molecule has 0 aliphatic carbocycles. The number of nitrogens with one attached hydrogen (secondary N) is 2. The molecule has 0 unspecified atom stereocenters. The minimum atomic E-state index is -0.654. The number of piperidine rings is 1. The molecule has 2 aliphatic heterocycles. The molecule has 6 nitrogen and oxygen atoms in total. The van der Waals surface area contributed by atoms with E-state index in [0.717, 1.165) is 57.6 Å². The van der Waals surface area contributed by atoms with Crippen molar-refractivity contribution in [2.24, 2.45) is 5.92 Å². The molecule has 0 atom stereocenters. The van der Waals surface area contributed by atoms with Crippen LogP contribution in [0.3, 0.4) is 0 Å². The Hall–Kier alpha value is -1.99. The summed E-state index contributed by atoms with van der Waals surface area (Å²) in [5.41, 5.74) is 0.748. The molecule has 0 radical (unpaired) electrons. The summed E-state index contributed by atoms with van der Waals surface area (Å²) < 4.78 is 18.3. The first-order chi connectivity index (χ1) is 13.1. The fourth-order valence-electron chi connectivity index (χ4n) is 3.75. The third-order valence-electron chi connectivity index (χ3n) is 5.48. The van der Waals surface area contributed by atoms with Gasteiger partial charge in [-0.3, -0.25) is 9.59 Å². The summed E-state index contributed by atoms with van der Waals surface area (Å²) in [4.78, 5) is 26.4. The van der Waals surface area contributed by atoms with E-state index >= 15 is 0 Å². The third-order valence-corrected chi connectivity index (χ3v) is 5.48. The molecule has 2 saturated heterocycles. The molecule has 0 saturated carbocycles. The van der Waals surface area contributed by atoms with Crippen LogP contribution in [-0.2, 0) is 20.9 Å². The van der Waals surface area contributed by atoms with E-state index in [1.165, 1.54) is 12.1 Å². The first kappa shape index (κ1) is 19.8. The second kappa shape index (κ2) is 9.80. The van der Waals surface area contributed by atoms with E-state index in [9.17, 15) is 14.0 Å². The van der Waals surface area contributed by atoms with Crippen molar-refractivity contribution in [2.45, 2.75) is 38.3 Å². The molecule has 27 heavy (non-hydrogen) atoms. The summed E-state index contributed by atoms with van der Waals surface area (Å²) in [6.45, 7) is 4.53. The Morgan fingerprint density at radius 2 is 1.63 bits per heavy atom. The maximum Gasteiger partial charge on any atom is 0.309 e. The SMILES string of the molecule is O=C(NCc1ccc(F)cc1)C(=O)NCC1CCN(C2CCOCC2)CC1. The summed E-state index contributed by atoms with van der Waals surface area (Å²) in [7, 11) is 0. The van der Waals surface area contributed by atoms with Gasteiger partial charge in [0.1, 0.15) is 5.82 Å². The summed E-state index contributed by atoms with van der Waals surface area (Å²) in [5.74, 6) is -1.18. The molecule has 7 heteroatoms. The van der Waals surface area contributed by atoms with Crippen LogP contribution in [0.5, 0.6) is 0 Å². The molecule has 3 rings (SSSR count). The fraction of sp³-hybridized carbons (Fsp3) is 0.600. The molecule has 2 heterocycles. The molecule has 1 aromatic rings. The van der Waals surface area contributed by atoms with Crippen LogP contribution in [0.1, 0.15) is 31.2 Å². The van der Waals surface area contributed by atoms with Gasteiger partial charge in [-0.15, -0.1) is 0 Å². The summed E-state index contributed by atoms with van der Waals surface area (Å²) in [6.07, 6.45) is 4.29. The Kier molecular flexibility index (Phi) is 7.18. The van der Waals surface area contributed by atoms with Gasteiger partial charge in [-0.25, -0.2) is 4.39 Å². The molecule has 0 aromatic heterocycles. The number of halogens is 1. The molecule has 2 amide bonds. The third kappa shape index (κ3) is 6.01. The molecule has 2 fully saturated rings. The zero-order chi connectivity index (χ0) is 19.1. The Morgan fingerprint density at radius 1 is 1.00 bits per heavy atom. The van der Waals surface area contributed by atoms with Gasteiger partial charge in [-0.2, -0.15) is 0 Å². The number of carbonyl (C=O) groups is 2. The second-order valence-corrected chi connectivity index (χ2v) is 7.34. The highest BCUT2D eigenvalue weighted by atomic mass is 19.1. The highest BCUT2D eigenvalue weighted by molar-refractivity contribution is 6.35. The molecule has 0 bridgehead atoms. The van der Waals surface area contributed by atoms with Gasteiger partial charge in [0.15, 0.2) is 0 Å². The topological polar surface area (TPSA) is 70.7 Å². The van der Waals surface area contributed by atoms with Gasteiger partial charge in [0.05, 0.1) is 0 Å². The number of hydrogen-bond donors (Lipinski definition) is 2. The van der Waals surface area contributed by atoms with Gasteiger partial charge in [0, 0.05) is 32.3 Å². The lowest BCUT2D eigenvalue weighted by Gasteiger charge is -2.39. The predicted molar refractivity (Wildman–Crippen MR) is 99.4 cm³/mol. The van der Waals surface area contributed by atoms with Crippen molar-refractivity contribution in [3.05, 3.63) is 35.6 Å². The lowest BCUT2D eigenvalue weighted by Crippen LogP contribution is -2.47. The average Bonchev–Trinajstić information content (AvgIpc) is 2.72. The Morgan fingerprint density at radius 3 is 2.30 bits per heavy atom. The van der Waals surface area contributed by atoms with E-state index in [2.05, 4.69) is 15.5 Å². The lowest BCUT2D eigenvalue weighted by atomic mass is 9.94. The second-order valence-electron chi connectivity index (χ2n) is 7.34. The van der Waals surface area contributed by atoms with Crippen LogP contribution in [0, 0.1) is 11.7 Å². The van der Waals surface area contributed by atoms with Gasteiger partial charge < -0.3 is 20.3 Å². The zero-order valence-electron chi connectivity index (χ0n) is 15.6. The number of amides is 2. The monoisotopic (exact) mass is 377 g/mol. The number of nitrogens with zero attached hydrogens (tertiary/aromatic N) is 1. The number of ether oxygens (including phenoxy) is 1. The Labute approximate surface area is 159 Å². The highest BCUT2D eigenvalue weighted by Gasteiger charge is 2.27. The average molecular weight is 377 g/mol. The molecule has 148 valence electrons. The molecule has 2 N–H and O–H groups in total. The number of carbonyl (C=O) groups excluding carboxylic acids is 2. The van der Waals surface area contributed by atoms with Crippen molar-refractivity contribution in [3.63, 3.8) is 0 Å². The van der Waals surface area contributed by atoms with Crippen LogP contribution < -0.4 is 10.6 Å². The number of benzene rings is 1. The highest BCUT2D eigenvalue weighted by Crippen LogP contribution is 2.22. The zero-order valence-corrected chi connectivity index (χ0v) is 15.6.